The summed E-state index contributed by atoms with van der Waals surface area (Å²) in [6.45, 7) is 4.46. The van der Waals surface area contributed by atoms with Crippen LogP contribution >= 0.6 is 0 Å². The Labute approximate surface area is 45.2 Å². The Morgan fingerprint density at radius 3 is 2.43 bits per heavy atom. The van der Waals surface area contributed by atoms with Crippen LogP contribution in [0.1, 0.15) is 26.7 Å². The number of hydrogen-bond donors (Lipinski definition) is 0. The average molecular weight is 96.2 g/mol. The van der Waals surface area contributed by atoms with E-state index in [1.54, 1.807) is 5.57 Å². The van der Waals surface area contributed by atoms with Crippen molar-refractivity contribution in [3.63, 3.8) is 0 Å². The molecule has 0 nitrogen and oxygen atoms in total. The van der Waals surface area contributed by atoms with Crippen LogP contribution in [0.15, 0.2) is 11.6 Å². The normalized spacial score (nSPS) is 27.1. The van der Waals surface area contributed by atoms with Crippen LogP contribution in [-0.2, 0) is 0 Å². The molecule has 0 aliphatic heterocycles. The largest absolute Gasteiger partial charge is 0.0776 e. The lowest BCUT2D eigenvalue weighted by atomic mass is 10.2. The van der Waals surface area contributed by atoms with Gasteiger partial charge < -0.3 is 0 Å². The van der Waals surface area contributed by atoms with Crippen molar-refractivity contribution in [3.8, 4) is 0 Å². The number of hydrogen-bond acceptors (Lipinski definition) is 0. The summed E-state index contributed by atoms with van der Waals surface area (Å²) in [6.07, 6.45) is 4.96. The topological polar surface area (TPSA) is 0 Å². The van der Waals surface area contributed by atoms with Gasteiger partial charge in [0.2, 0.25) is 0 Å². The molecule has 7 heavy (non-hydrogen) atoms. The smallest absolute Gasteiger partial charge is 0.00229 e. The lowest BCUT2D eigenvalue weighted by Crippen LogP contribution is -1.73. The molecule has 1 rings (SSSR count). The lowest BCUT2D eigenvalue weighted by molar-refractivity contribution is 0.814. The molecule has 0 unspecified atom stereocenters. The van der Waals surface area contributed by atoms with Gasteiger partial charge >= 0.3 is 0 Å². The van der Waals surface area contributed by atoms with Crippen LogP contribution in [-0.4, -0.2) is 0 Å². The van der Waals surface area contributed by atoms with Crippen molar-refractivity contribution >= 4 is 0 Å². The fraction of sp³-hybridized carbons (Fsp3) is 0.714. The molecule has 0 aromatic carbocycles. The summed E-state index contributed by atoms with van der Waals surface area (Å²) in [7, 11) is 0. The first kappa shape index (κ1) is 4.89. The van der Waals surface area contributed by atoms with Gasteiger partial charge in [-0.25, -0.2) is 0 Å². The molecule has 0 heteroatoms. The van der Waals surface area contributed by atoms with Gasteiger partial charge in [0.1, 0.15) is 0 Å². The van der Waals surface area contributed by atoms with Gasteiger partial charge in [0.15, 0.2) is 0 Å². The first-order valence-corrected chi connectivity index (χ1v) is 3.09. The molecule has 0 spiro atoms. The highest BCUT2D eigenvalue weighted by molar-refractivity contribution is 5.27. The molecule has 0 heterocycles. The number of rotatable bonds is 2. The second kappa shape index (κ2) is 1.69. The van der Waals surface area contributed by atoms with E-state index in [0.717, 1.165) is 5.92 Å². The summed E-state index contributed by atoms with van der Waals surface area (Å²) in [5.74, 6) is 0.907. The fourth-order valence-electron chi connectivity index (χ4n) is 0.970. The van der Waals surface area contributed by atoms with Crippen LogP contribution in [0, 0.1) is 5.92 Å². The van der Waals surface area contributed by atoms with Crippen molar-refractivity contribution < 1.29 is 0 Å². The molecule has 0 radical (unpaired) electrons. The zero-order chi connectivity index (χ0) is 5.28. The minimum Gasteiger partial charge on any atom is -0.0776 e. The van der Waals surface area contributed by atoms with Gasteiger partial charge in [0, 0.05) is 0 Å². The van der Waals surface area contributed by atoms with Gasteiger partial charge in [-0.3, -0.25) is 0 Å². The van der Waals surface area contributed by atoms with E-state index in [0.29, 0.717) is 0 Å². The Morgan fingerprint density at radius 1 is 1.57 bits per heavy atom. The maximum Gasteiger partial charge on any atom is -0.00229 e. The Kier molecular flexibility index (Phi) is 1.18. The minimum atomic E-state index is 0.907. The maximum absolute atomic E-state index is 2.36. The van der Waals surface area contributed by atoms with Crippen LogP contribution in [0.25, 0.3) is 0 Å². The molecule has 0 amide bonds. The first-order valence-electron chi connectivity index (χ1n) is 3.09. The highest BCUT2D eigenvalue weighted by Crippen LogP contribution is 2.33. The average Bonchev–Trinajstić information content (AvgIpc) is 2.43. The predicted octanol–water partition coefficient (Wildman–Crippen LogP) is 2.36. The van der Waals surface area contributed by atoms with E-state index in [1.165, 1.54) is 12.8 Å². The second-order valence-electron chi connectivity index (χ2n) is 2.11. The van der Waals surface area contributed by atoms with Gasteiger partial charge in [0.05, 0.1) is 0 Å². The lowest BCUT2D eigenvalue weighted by Gasteiger charge is -1.86. The second-order valence-corrected chi connectivity index (χ2v) is 2.11. The quantitative estimate of drug-likeness (QED) is 0.463. The summed E-state index contributed by atoms with van der Waals surface area (Å²) < 4.78 is 0. The number of allylic oxidation sites excluding steroid dienone is 2. The van der Waals surface area contributed by atoms with Crippen LogP contribution < -0.4 is 0 Å². The molecule has 0 saturated heterocycles. The van der Waals surface area contributed by atoms with E-state index in [-0.39, 0.29) is 0 Å². The molecule has 0 aromatic heterocycles. The van der Waals surface area contributed by atoms with Gasteiger partial charge in [-0.05, 0) is 18.8 Å². The molecule has 0 N–H and O–H groups in total. The van der Waals surface area contributed by atoms with Crippen molar-refractivity contribution in [1.82, 2.24) is 0 Å². The van der Waals surface area contributed by atoms with E-state index in [2.05, 4.69) is 19.9 Å². The van der Waals surface area contributed by atoms with E-state index in [9.17, 15) is 0 Å². The van der Waals surface area contributed by atoms with Crippen molar-refractivity contribution in [2.45, 2.75) is 26.7 Å². The molecular formula is C7H12. The van der Waals surface area contributed by atoms with Gasteiger partial charge in [-0.1, -0.05) is 25.5 Å². The molecular weight excluding hydrogens is 84.1 g/mol. The third kappa shape index (κ3) is 0.846. The molecule has 40 valence electrons. The van der Waals surface area contributed by atoms with E-state index >= 15 is 0 Å². The highest BCUT2D eigenvalue weighted by Gasteiger charge is 2.18. The Morgan fingerprint density at radius 2 is 2.29 bits per heavy atom. The summed E-state index contributed by atoms with van der Waals surface area (Å²) in [6, 6.07) is 0. The molecule has 1 aliphatic carbocycles. The van der Waals surface area contributed by atoms with Crippen molar-refractivity contribution in [2.75, 3.05) is 0 Å². The molecule has 0 saturated carbocycles. The Balaban J connectivity index is 2.14. The predicted molar refractivity (Wildman–Crippen MR) is 32.2 cm³/mol. The standard InChI is InChI=1S/C7H12/c1-3-6-5-7(6)4-2/h5-6H,3-4H2,1-2H3/t6-/m0/s1. The zero-order valence-corrected chi connectivity index (χ0v) is 5.07. The summed E-state index contributed by atoms with van der Waals surface area (Å²) >= 11 is 0. The molecule has 0 aromatic rings. The summed E-state index contributed by atoms with van der Waals surface area (Å²) in [5, 5.41) is 0. The maximum atomic E-state index is 2.36. The summed E-state index contributed by atoms with van der Waals surface area (Å²) in [5.41, 5.74) is 1.67. The zero-order valence-electron chi connectivity index (χ0n) is 5.07. The van der Waals surface area contributed by atoms with Gasteiger partial charge in [0.25, 0.3) is 0 Å². The monoisotopic (exact) mass is 96.1 g/mol. The van der Waals surface area contributed by atoms with Gasteiger partial charge in [-0.15, -0.1) is 0 Å². The van der Waals surface area contributed by atoms with Crippen LogP contribution in [0.2, 0.25) is 0 Å². The van der Waals surface area contributed by atoms with Crippen molar-refractivity contribution in [1.29, 1.82) is 0 Å². The molecule has 0 bridgehead atoms. The van der Waals surface area contributed by atoms with Crippen molar-refractivity contribution in [2.24, 2.45) is 5.92 Å². The fourth-order valence-corrected chi connectivity index (χ4v) is 0.970. The van der Waals surface area contributed by atoms with Crippen LogP contribution in [0.4, 0.5) is 0 Å². The minimum absolute atomic E-state index is 0.907. The van der Waals surface area contributed by atoms with Gasteiger partial charge in [-0.2, -0.15) is 0 Å². The van der Waals surface area contributed by atoms with E-state index in [1.807, 2.05) is 0 Å². The van der Waals surface area contributed by atoms with Crippen LogP contribution in [0.3, 0.4) is 0 Å². The summed E-state index contributed by atoms with van der Waals surface area (Å²) in [4.78, 5) is 0. The van der Waals surface area contributed by atoms with Crippen LogP contribution in [0.5, 0.6) is 0 Å². The third-order valence-corrected chi connectivity index (χ3v) is 1.63. The highest BCUT2D eigenvalue weighted by atomic mass is 14.2. The van der Waals surface area contributed by atoms with E-state index < -0.39 is 0 Å². The molecule has 1 aliphatic rings. The SMILES string of the molecule is CCC1=C[C@@H]1CC. The van der Waals surface area contributed by atoms with E-state index in [4.69, 9.17) is 0 Å². The Hall–Kier alpha value is -0.260. The van der Waals surface area contributed by atoms with Crippen molar-refractivity contribution in [3.05, 3.63) is 11.6 Å². The molecule has 0 fully saturated rings. The Bertz CT molecular complexity index is 90.2. The first-order chi connectivity index (χ1) is 3.38. The third-order valence-electron chi connectivity index (χ3n) is 1.63. The molecule has 1 atom stereocenters.